The second-order valence-electron chi connectivity index (χ2n) is 6.10. The highest BCUT2D eigenvalue weighted by Crippen LogP contribution is 2.14. The van der Waals surface area contributed by atoms with Gasteiger partial charge < -0.3 is 9.64 Å². The Balaban J connectivity index is 1.59. The third-order valence-electron chi connectivity index (χ3n) is 4.11. The van der Waals surface area contributed by atoms with Crippen LogP contribution >= 0.6 is 11.6 Å². The number of ether oxygens (including phenoxy) is 1. The zero-order valence-electron chi connectivity index (χ0n) is 13.7. The van der Waals surface area contributed by atoms with Gasteiger partial charge in [0.15, 0.2) is 5.69 Å². The molecule has 1 fully saturated rings. The largest absolute Gasteiger partial charge is 0.376 e. The first-order valence-electron chi connectivity index (χ1n) is 8.13. The predicted octanol–water partition coefficient (Wildman–Crippen LogP) is 2.62. The number of hydrogen-bond acceptors (Lipinski definition) is 4. The van der Waals surface area contributed by atoms with Crippen molar-refractivity contribution in [2.24, 2.45) is 0 Å². The van der Waals surface area contributed by atoms with Gasteiger partial charge in [-0.2, -0.15) is 0 Å². The summed E-state index contributed by atoms with van der Waals surface area (Å²) >= 11 is 5.88. The van der Waals surface area contributed by atoms with E-state index in [1.807, 2.05) is 24.3 Å². The number of nitrogens with zero attached hydrogens (tertiary/aromatic N) is 4. The van der Waals surface area contributed by atoms with E-state index < -0.39 is 0 Å². The fourth-order valence-electron chi connectivity index (χ4n) is 2.79. The van der Waals surface area contributed by atoms with E-state index in [0.29, 0.717) is 23.8 Å². The van der Waals surface area contributed by atoms with Gasteiger partial charge in [0.25, 0.3) is 5.91 Å². The van der Waals surface area contributed by atoms with E-state index in [2.05, 4.69) is 10.3 Å². The lowest BCUT2D eigenvalue weighted by molar-refractivity contribution is -0.000292. The molecule has 2 aromatic rings. The fraction of sp³-hybridized carbons (Fsp3) is 0.471. The molecule has 128 valence electrons. The maximum Gasteiger partial charge on any atom is 0.275 e. The lowest BCUT2D eigenvalue weighted by Gasteiger charge is -2.26. The van der Waals surface area contributed by atoms with Crippen LogP contribution in [0, 0.1) is 0 Å². The van der Waals surface area contributed by atoms with Gasteiger partial charge >= 0.3 is 0 Å². The van der Waals surface area contributed by atoms with Crippen molar-refractivity contribution in [3.8, 4) is 0 Å². The standard InChI is InChI=1S/C17H21ClN4O2/c1-21(11-15-4-2-3-9-24-15)17(23)16-12-22(20-19-16)10-13-5-7-14(18)8-6-13/h5-8,12,15H,2-4,9-11H2,1H3/t15-/m0/s1. The third kappa shape index (κ3) is 4.33. The molecule has 0 bridgehead atoms. The molecule has 0 N–H and O–H groups in total. The van der Waals surface area contributed by atoms with Crippen LogP contribution in [0.15, 0.2) is 30.5 Å². The number of hydrogen-bond donors (Lipinski definition) is 0. The molecule has 7 heteroatoms. The van der Waals surface area contributed by atoms with Crippen LogP contribution in [0.2, 0.25) is 5.02 Å². The van der Waals surface area contributed by atoms with Gasteiger partial charge in [-0.05, 0) is 37.0 Å². The summed E-state index contributed by atoms with van der Waals surface area (Å²) in [6.45, 7) is 1.92. The number of carbonyl (C=O) groups excluding carboxylic acids is 1. The predicted molar refractivity (Wildman–Crippen MR) is 91.1 cm³/mol. The molecule has 1 saturated heterocycles. The Morgan fingerprint density at radius 3 is 2.88 bits per heavy atom. The van der Waals surface area contributed by atoms with Gasteiger partial charge in [-0.3, -0.25) is 4.79 Å². The maximum atomic E-state index is 12.5. The van der Waals surface area contributed by atoms with Crippen molar-refractivity contribution in [1.82, 2.24) is 19.9 Å². The lowest BCUT2D eigenvalue weighted by Crippen LogP contribution is -2.37. The van der Waals surface area contributed by atoms with Gasteiger partial charge in [0.05, 0.1) is 18.8 Å². The molecule has 2 heterocycles. The van der Waals surface area contributed by atoms with Gasteiger partial charge in [-0.15, -0.1) is 5.10 Å². The van der Waals surface area contributed by atoms with Gasteiger partial charge in [-0.1, -0.05) is 28.9 Å². The summed E-state index contributed by atoms with van der Waals surface area (Å²) in [5, 5.41) is 8.73. The normalized spacial score (nSPS) is 17.7. The minimum atomic E-state index is -0.133. The first-order valence-corrected chi connectivity index (χ1v) is 8.51. The number of rotatable bonds is 5. The van der Waals surface area contributed by atoms with E-state index in [1.54, 1.807) is 22.8 Å². The second-order valence-corrected chi connectivity index (χ2v) is 6.54. The van der Waals surface area contributed by atoms with Crippen LogP contribution in [0.1, 0.15) is 35.3 Å². The van der Waals surface area contributed by atoms with Crippen LogP contribution in [0.3, 0.4) is 0 Å². The van der Waals surface area contributed by atoms with E-state index in [0.717, 1.165) is 31.4 Å². The molecule has 1 aromatic carbocycles. The topological polar surface area (TPSA) is 60.2 Å². The van der Waals surface area contributed by atoms with Gasteiger partial charge in [0, 0.05) is 25.2 Å². The molecule has 1 amide bonds. The maximum absolute atomic E-state index is 12.5. The average molecular weight is 349 g/mol. The molecule has 1 atom stereocenters. The summed E-state index contributed by atoms with van der Waals surface area (Å²) in [4.78, 5) is 14.1. The molecule has 6 nitrogen and oxygen atoms in total. The van der Waals surface area contributed by atoms with Crippen LogP contribution in [0.5, 0.6) is 0 Å². The molecule has 0 spiro atoms. The summed E-state index contributed by atoms with van der Waals surface area (Å²) in [6, 6.07) is 7.52. The van der Waals surface area contributed by atoms with Crippen LogP contribution in [0.4, 0.5) is 0 Å². The quantitative estimate of drug-likeness (QED) is 0.833. The molecule has 1 aliphatic rings. The number of aromatic nitrogens is 3. The van der Waals surface area contributed by atoms with Crippen LogP contribution in [-0.2, 0) is 11.3 Å². The molecule has 0 radical (unpaired) electrons. The summed E-state index contributed by atoms with van der Waals surface area (Å²) < 4.78 is 7.34. The first-order chi connectivity index (χ1) is 11.6. The van der Waals surface area contributed by atoms with Crippen molar-refractivity contribution in [2.45, 2.75) is 31.9 Å². The fourth-order valence-corrected chi connectivity index (χ4v) is 2.91. The molecule has 1 aliphatic heterocycles. The zero-order valence-corrected chi connectivity index (χ0v) is 14.4. The SMILES string of the molecule is CN(C[C@@H]1CCCCO1)C(=O)c1cn(Cc2ccc(Cl)cc2)nn1. The minimum Gasteiger partial charge on any atom is -0.376 e. The Morgan fingerprint density at radius 1 is 1.38 bits per heavy atom. The second kappa shape index (κ2) is 7.77. The highest BCUT2D eigenvalue weighted by Gasteiger charge is 2.21. The highest BCUT2D eigenvalue weighted by atomic mass is 35.5. The molecule has 0 saturated carbocycles. The molecular weight excluding hydrogens is 328 g/mol. The molecule has 24 heavy (non-hydrogen) atoms. The van der Waals surface area contributed by atoms with Crippen molar-refractivity contribution < 1.29 is 9.53 Å². The van der Waals surface area contributed by atoms with Gasteiger partial charge in [-0.25, -0.2) is 4.68 Å². The number of halogens is 1. The summed E-state index contributed by atoms with van der Waals surface area (Å²) in [7, 11) is 1.78. The van der Waals surface area contributed by atoms with E-state index in [-0.39, 0.29) is 12.0 Å². The van der Waals surface area contributed by atoms with Gasteiger partial charge in [0.1, 0.15) is 0 Å². The number of likely N-dealkylation sites (N-methyl/N-ethyl adjacent to an activating group) is 1. The van der Waals surface area contributed by atoms with Crippen LogP contribution in [-0.4, -0.2) is 52.1 Å². The van der Waals surface area contributed by atoms with Crippen LogP contribution < -0.4 is 0 Å². The van der Waals surface area contributed by atoms with E-state index in [1.165, 1.54) is 0 Å². The number of amides is 1. The first kappa shape index (κ1) is 16.9. The van der Waals surface area contributed by atoms with Gasteiger partial charge in [0.2, 0.25) is 0 Å². The summed E-state index contributed by atoms with van der Waals surface area (Å²) in [5.41, 5.74) is 1.40. The molecule has 0 aliphatic carbocycles. The lowest BCUT2D eigenvalue weighted by atomic mass is 10.1. The molecular formula is C17H21ClN4O2. The monoisotopic (exact) mass is 348 g/mol. The van der Waals surface area contributed by atoms with Crippen molar-refractivity contribution in [2.75, 3.05) is 20.2 Å². The minimum absolute atomic E-state index is 0.122. The van der Waals surface area contributed by atoms with Crippen molar-refractivity contribution >= 4 is 17.5 Å². The van der Waals surface area contributed by atoms with Crippen molar-refractivity contribution in [3.05, 3.63) is 46.7 Å². The summed E-state index contributed by atoms with van der Waals surface area (Å²) in [5.74, 6) is -0.133. The number of benzene rings is 1. The Hall–Kier alpha value is -1.92. The average Bonchev–Trinajstić information content (AvgIpc) is 3.05. The number of carbonyl (C=O) groups is 1. The Labute approximate surface area is 146 Å². The summed E-state index contributed by atoms with van der Waals surface area (Å²) in [6.07, 6.45) is 5.06. The highest BCUT2D eigenvalue weighted by molar-refractivity contribution is 6.30. The molecule has 0 unspecified atom stereocenters. The van der Waals surface area contributed by atoms with Crippen molar-refractivity contribution in [1.29, 1.82) is 0 Å². The third-order valence-corrected chi connectivity index (χ3v) is 4.37. The van der Waals surface area contributed by atoms with Crippen molar-refractivity contribution in [3.63, 3.8) is 0 Å². The smallest absolute Gasteiger partial charge is 0.275 e. The Kier molecular flexibility index (Phi) is 5.48. The van der Waals surface area contributed by atoms with E-state index >= 15 is 0 Å². The van der Waals surface area contributed by atoms with Crippen LogP contribution in [0.25, 0.3) is 0 Å². The zero-order chi connectivity index (χ0) is 16.9. The molecule has 3 rings (SSSR count). The molecule has 1 aromatic heterocycles. The Morgan fingerprint density at radius 2 is 2.17 bits per heavy atom. The van der Waals surface area contributed by atoms with E-state index in [9.17, 15) is 4.79 Å². The Bertz CT molecular complexity index is 680. The van der Waals surface area contributed by atoms with E-state index in [4.69, 9.17) is 16.3 Å².